The van der Waals surface area contributed by atoms with Gasteiger partial charge in [-0.2, -0.15) is 0 Å². The Balaban J connectivity index is 0.00000242. The average molecular weight is 518 g/mol. The van der Waals surface area contributed by atoms with E-state index >= 15 is 0 Å². The molecule has 1 aliphatic rings. The molecule has 2 rings (SSSR count). The van der Waals surface area contributed by atoms with E-state index in [4.69, 9.17) is 0 Å². The van der Waals surface area contributed by atoms with E-state index in [2.05, 4.69) is 87.9 Å². The SMILES string of the molecule is Cc1cc(C)c(N2[C]N(CCNC(C)(C)C)C=C2)c(C)c1.[Au+].[Cl-]. The van der Waals surface area contributed by atoms with Crippen molar-refractivity contribution >= 4 is 5.69 Å². The summed E-state index contributed by atoms with van der Waals surface area (Å²) in [5.41, 5.74) is 5.29. The van der Waals surface area contributed by atoms with Crippen molar-refractivity contribution in [1.82, 2.24) is 10.2 Å². The van der Waals surface area contributed by atoms with E-state index in [-0.39, 0.29) is 40.3 Å². The van der Waals surface area contributed by atoms with Gasteiger partial charge in [0.15, 0.2) is 0 Å². The summed E-state index contributed by atoms with van der Waals surface area (Å²) in [5.74, 6) is 0. The minimum atomic E-state index is 0. The summed E-state index contributed by atoms with van der Waals surface area (Å²) in [4.78, 5) is 4.21. The standard InChI is InChI=1S/C18H27N3.Au.ClH/c1-14-11-15(2)17(16(3)12-14)21-10-9-20(13-21)8-7-19-18(4,5)6;;/h9-12,19H,7-8H2,1-6H3;;1H/q;+1;/p-1. The van der Waals surface area contributed by atoms with Crippen molar-refractivity contribution in [2.45, 2.75) is 47.1 Å². The van der Waals surface area contributed by atoms with Crippen molar-refractivity contribution in [3.05, 3.63) is 47.9 Å². The van der Waals surface area contributed by atoms with Crippen molar-refractivity contribution in [2.75, 3.05) is 18.0 Å². The molecule has 1 N–H and O–H groups in total. The molecule has 23 heavy (non-hydrogen) atoms. The Kier molecular flexibility index (Phi) is 8.96. The van der Waals surface area contributed by atoms with E-state index in [1.54, 1.807) is 0 Å². The average Bonchev–Trinajstić information content (AvgIpc) is 2.74. The summed E-state index contributed by atoms with van der Waals surface area (Å²) >= 11 is 0. The molecule has 0 saturated carbocycles. The van der Waals surface area contributed by atoms with Crippen molar-refractivity contribution < 1.29 is 34.8 Å². The quantitative estimate of drug-likeness (QED) is 0.590. The molecule has 1 heterocycles. The monoisotopic (exact) mass is 517 g/mol. The molecule has 2 radical (unpaired) electrons. The summed E-state index contributed by atoms with van der Waals surface area (Å²) in [6, 6.07) is 4.45. The predicted octanol–water partition coefficient (Wildman–Crippen LogP) is 0.591. The molecular formula is C18H27AuClN3. The third kappa shape index (κ3) is 6.52. The Morgan fingerprint density at radius 2 is 1.61 bits per heavy atom. The first-order chi connectivity index (χ1) is 9.76. The van der Waals surface area contributed by atoms with Crippen LogP contribution in [0.15, 0.2) is 24.5 Å². The van der Waals surface area contributed by atoms with Gasteiger partial charge in [-0.1, -0.05) is 17.7 Å². The first-order valence-corrected chi connectivity index (χ1v) is 7.60. The summed E-state index contributed by atoms with van der Waals surface area (Å²) in [6.45, 7) is 18.3. The topological polar surface area (TPSA) is 18.5 Å². The Morgan fingerprint density at radius 1 is 1.04 bits per heavy atom. The van der Waals surface area contributed by atoms with Crippen molar-refractivity contribution in [3.63, 3.8) is 0 Å². The van der Waals surface area contributed by atoms with Crippen LogP contribution in [0.1, 0.15) is 37.5 Å². The number of hydrogen-bond donors (Lipinski definition) is 1. The Hall–Kier alpha value is -0.450. The van der Waals surface area contributed by atoms with Gasteiger partial charge in [0.1, 0.15) is 0 Å². The van der Waals surface area contributed by atoms with Crippen LogP contribution >= 0.6 is 0 Å². The van der Waals surface area contributed by atoms with Gasteiger partial charge in [0.2, 0.25) is 6.67 Å². The van der Waals surface area contributed by atoms with Crippen LogP contribution in [-0.4, -0.2) is 23.5 Å². The minimum absolute atomic E-state index is 0. The van der Waals surface area contributed by atoms with Crippen LogP contribution in [0.2, 0.25) is 0 Å². The zero-order chi connectivity index (χ0) is 15.6. The number of anilines is 1. The van der Waals surface area contributed by atoms with E-state index in [0.29, 0.717) is 0 Å². The van der Waals surface area contributed by atoms with Crippen LogP contribution < -0.4 is 22.6 Å². The van der Waals surface area contributed by atoms with E-state index in [1.165, 1.54) is 22.4 Å². The second-order valence-electron chi connectivity index (χ2n) is 6.89. The molecule has 0 unspecified atom stereocenters. The maximum atomic E-state index is 3.50. The van der Waals surface area contributed by atoms with Gasteiger partial charge < -0.3 is 27.5 Å². The van der Waals surface area contributed by atoms with Crippen molar-refractivity contribution in [3.8, 4) is 0 Å². The van der Waals surface area contributed by atoms with Crippen molar-refractivity contribution in [1.29, 1.82) is 0 Å². The van der Waals surface area contributed by atoms with Gasteiger partial charge >= 0.3 is 22.4 Å². The molecule has 0 atom stereocenters. The first kappa shape index (κ1) is 22.6. The molecular weight excluding hydrogens is 491 g/mol. The van der Waals surface area contributed by atoms with Gasteiger partial charge in [-0.3, -0.25) is 0 Å². The van der Waals surface area contributed by atoms with Crippen LogP contribution in [0, 0.1) is 27.4 Å². The molecule has 0 aliphatic carbocycles. The fourth-order valence-electron chi connectivity index (χ4n) is 2.71. The second kappa shape index (κ2) is 9.14. The number of benzene rings is 1. The third-order valence-corrected chi connectivity index (χ3v) is 3.52. The van der Waals surface area contributed by atoms with Crippen LogP contribution in [-0.2, 0) is 22.4 Å². The van der Waals surface area contributed by atoms with Gasteiger partial charge in [0.25, 0.3) is 0 Å². The molecule has 0 saturated heterocycles. The van der Waals surface area contributed by atoms with Gasteiger partial charge in [-0.05, 0) is 52.7 Å². The smallest absolute Gasteiger partial charge is 1.00 e. The number of nitrogens with one attached hydrogen (secondary N) is 1. The molecule has 0 amide bonds. The number of aryl methyl sites for hydroxylation is 3. The summed E-state index contributed by atoms with van der Waals surface area (Å²) in [5, 5.41) is 3.50. The largest absolute Gasteiger partial charge is 1.00 e. The third-order valence-electron chi connectivity index (χ3n) is 3.52. The normalized spacial score (nSPS) is 13.8. The molecule has 0 bridgehead atoms. The number of nitrogens with zero attached hydrogens (tertiary/aromatic N) is 2. The van der Waals surface area contributed by atoms with Crippen LogP contribution in [0.5, 0.6) is 0 Å². The van der Waals surface area contributed by atoms with E-state index in [1.807, 2.05) is 0 Å². The fraction of sp³-hybridized carbons (Fsp3) is 0.500. The summed E-state index contributed by atoms with van der Waals surface area (Å²) in [6.07, 6.45) is 4.17. The van der Waals surface area contributed by atoms with Gasteiger partial charge in [0, 0.05) is 36.7 Å². The second-order valence-corrected chi connectivity index (χ2v) is 6.89. The maximum Gasteiger partial charge on any atom is 1.00 e. The zero-order valence-corrected chi connectivity index (χ0v) is 17.7. The molecule has 5 heteroatoms. The Morgan fingerprint density at radius 3 is 2.13 bits per heavy atom. The van der Waals surface area contributed by atoms with Crippen LogP contribution in [0.4, 0.5) is 5.69 Å². The molecule has 0 spiro atoms. The van der Waals surface area contributed by atoms with Gasteiger partial charge in [0.05, 0.1) is 0 Å². The number of hydrogen-bond acceptors (Lipinski definition) is 3. The molecule has 0 fully saturated rings. The van der Waals surface area contributed by atoms with Crippen molar-refractivity contribution in [2.24, 2.45) is 0 Å². The first-order valence-electron chi connectivity index (χ1n) is 7.60. The van der Waals surface area contributed by atoms with E-state index < -0.39 is 0 Å². The molecule has 3 nitrogen and oxygen atoms in total. The maximum absolute atomic E-state index is 3.50. The van der Waals surface area contributed by atoms with E-state index in [9.17, 15) is 0 Å². The van der Waals surface area contributed by atoms with Crippen LogP contribution in [0.25, 0.3) is 0 Å². The molecule has 1 aliphatic heterocycles. The minimum Gasteiger partial charge on any atom is -1.00 e. The van der Waals surface area contributed by atoms with Crippen LogP contribution in [0.3, 0.4) is 0 Å². The van der Waals surface area contributed by atoms with E-state index in [0.717, 1.165) is 13.1 Å². The number of rotatable bonds is 4. The molecule has 1 aromatic rings. The Bertz CT molecular complexity index is 515. The zero-order valence-electron chi connectivity index (χ0n) is 14.8. The molecule has 1 aromatic carbocycles. The molecule has 0 aromatic heterocycles. The fourth-order valence-corrected chi connectivity index (χ4v) is 2.71. The van der Waals surface area contributed by atoms with Gasteiger partial charge in [-0.15, -0.1) is 0 Å². The number of halogens is 1. The summed E-state index contributed by atoms with van der Waals surface area (Å²) in [7, 11) is 0. The van der Waals surface area contributed by atoms with Gasteiger partial charge in [-0.25, -0.2) is 0 Å². The summed E-state index contributed by atoms with van der Waals surface area (Å²) < 4.78 is 0. The predicted molar refractivity (Wildman–Crippen MR) is 90.0 cm³/mol. The molecule has 132 valence electrons. The Labute approximate surface area is 163 Å².